The van der Waals surface area contributed by atoms with E-state index in [2.05, 4.69) is 88.5 Å². The minimum atomic E-state index is 0.252. The van der Waals surface area contributed by atoms with Gasteiger partial charge in [0.15, 0.2) is 0 Å². The van der Waals surface area contributed by atoms with Crippen molar-refractivity contribution in [1.82, 2.24) is 0 Å². The lowest BCUT2D eigenvalue weighted by atomic mass is 9.63. The smallest absolute Gasteiger partial charge is 0.0421 e. The van der Waals surface area contributed by atoms with Crippen LogP contribution in [0.3, 0.4) is 0 Å². The molecule has 0 saturated heterocycles. The van der Waals surface area contributed by atoms with E-state index in [4.69, 9.17) is 0 Å². The maximum Gasteiger partial charge on any atom is 0.0421 e. The summed E-state index contributed by atoms with van der Waals surface area (Å²) in [4.78, 5) is 1.39. The summed E-state index contributed by atoms with van der Waals surface area (Å²) in [7, 11) is 0. The molecule has 1 aliphatic rings. The molecule has 0 amide bonds. The predicted octanol–water partition coefficient (Wildman–Crippen LogP) is 7.74. The Morgan fingerprint density at radius 3 is 2.04 bits per heavy atom. The van der Waals surface area contributed by atoms with E-state index in [-0.39, 0.29) is 10.8 Å². The molecule has 1 heteroatoms. The zero-order chi connectivity index (χ0) is 18.5. The van der Waals surface area contributed by atoms with E-state index in [0.717, 1.165) is 0 Å². The number of fused-ring (bicyclic) bond motifs is 1. The highest BCUT2D eigenvalue weighted by Gasteiger charge is 2.37. The van der Waals surface area contributed by atoms with Crippen LogP contribution in [0.5, 0.6) is 0 Å². The Balaban J connectivity index is 1.84. The molecule has 0 radical (unpaired) electrons. The Kier molecular flexibility index (Phi) is 4.11. The van der Waals surface area contributed by atoms with Gasteiger partial charge in [-0.1, -0.05) is 69.7 Å². The van der Waals surface area contributed by atoms with E-state index in [1.165, 1.54) is 51.1 Å². The maximum atomic E-state index is 2.47. The van der Waals surface area contributed by atoms with E-state index >= 15 is 0 Å². The molecule has 0 bridgehead atoms. The topological polar surface area (TPSA) is 0 Å². The third kappa shape index (κ3) is 2.93. The van der Waals surface area contributed by atoms with Crippen LogP contribution in [0.15, 0.2) is 53.9 Å². The molecule has 1 aliphatic carbocycles. The minimum Gasteiger partial charge on any atom is -0.143 e. The van der Waals surface area contributed by atoms with Gasteiger partial charge in [0.25, 0.3) is 0 Å². The molecule has 26 heavy (non-hydrogen) atoms. The Bertz CT molecular complexity index is 939. The number of hydrogen-bond donors (Lipinski definition) is 0. The van der Waals surface area contributed by atoms with Crippen LogP contribution in [0.25, 0.3) is 21.6 Å². The predicted molar refractivity (Wildman–Crippen MR) is 115 cm³/mol. The van der Waals surface area contributed by atoms with E-state index in [1.807, 2.05) is 11.3 Å². The van der Waals surface area contributed by atoms with E-state index in [9.17, 15) is 0 Å². The third-order valence-corrected chi connectivity index (χ3v) is 7.11. The Morgan fingerprint density at radius 1 is 0.731 bits per heavy atom. The maximum absolute atomic E-state index is 2.47. The standard InChI is InChI=1S/C25H28S/c1-17-6-8-18(9-7-17)20-12-15-26-23(20)19-10-11-21-22(16-19)25(4,5)14-13-24(21,2)3/h6-12,15-16H,13-14H2,1-5H3. The zero-order valence-electron chi connectivity index (χ0n) is 16.5. The fourth-order valence-electron chi connectivity index (χ4n) is 4.22. The van der Waals surface area contributed by atoms with Gasteiger partial charge >= 0.3 is 0 Å². The van der Waals surface area contributed by atoms with E-state index in [0.29, 0.717) is 0 Å². The normalized spacial score (nSPS) is 17.7. The average Bonchev–Trinajstić information content (AvgIpc) is 3.09. The number of thiophene rings is 1. The molecule has 1 heterocycles. The van der Waals surface area contributed by atoms with Crippen LogP contribution in [0.1, 0.15) is 57.2 Å². The molecule has 0 spiro atoms. The van der Waals surface area contributed by atoms with Crippen molar-refractivity contribution in [3.8, 4) is 21.6 Å². The number of hydrogen-bond acceptors (Lipinski definition) is 1. The molecular weight excluding hydrogens is 332 g/mol. The molecule has 1 aromatic heterocycles. The van der Waals surface area contributed by atoms with Gasteiger partial charge in [-0.15, -0.1) is 11.3 Å². The van der Waals surface area contributed by atoms with Crippen LogP contribution >= 0.6 is 11.3 Å². The van der Waals surface area contributed by atoms with Crippen LogP contribution in [-0.2, 0) is 10.8 Å². The third-order valence-electron chi connectivity index (χ3n) is 6.14. The van der Waals surface area contributed by atoms with Crippen molar-refractivity contribution in [2.75, 3.05) is 0 Å². The summed E-state index contributed by atoms with van der Waals surface area (Å²) in [5.74, 6) is 0. The molecule has 3 aromatic rings. The SMILES string of the molecule is Cc1ccc(-c2ccsc2-c2ccc3c(c2)C(C)(C)CCC3(C)C)cc1. The van der Waals surface area contributed by atoms with Gasteiger partial charge in [0.05, 0.1) is 0 Å². The second-order valence-electron chi connectivity index (χ2n) is 9.06. The van der Waals surface area contributed by atoms with Gasteiger partial charge < -0.3 is 0 Å². The first-order valence-corrected chi connectivity index (χ1v) is 10.5. The Hall–Kier alpha value is -1.86. The lowest BCUT2D eigenvalue weighted by Gasteiger charge is -2.42. The average molecular weight is 361 g/mol. The van der Waals surface area contributed by atoms with Crippen molar-refractivity contribution in [2.45, 2.75) is 58.3 Å². The summed E-state index contributed by atoms with van der Waals surface area (Å²) in [6.45, 7) is 11.7. The van der Waals surface area contributed by atoms with Crippen LogP contribution < -0.4 is 0 Å². The fourth-order valence-corrected chi connectivity index (χ4v) is 5.14. The van der Waals surface area contributed by atoms with E-state index in [1.54, 1.807) is 0 Å². The first-order chi connectivity index (χ1) is 12.3. The quantitative estimate of drug-likeness (QED) is 0.438. The molecule has 0 N–H and O–H groups in total. The highest BCUT2D eigenvalue weighted by Crippen LogP contribution is 2.48. The second-order valence-corrected chi connectivity index (χ2v) is 9.97. The van der Waals surface area contributed by atoms with Gasteiger partial charge in [-0.05, 0) is 70.4 Å². The molecule has 0 atom stereocenters. The lowest BCUT2D eigenvalue weighted by Crippen LogP contribution is -2.33. The van der Waals surface area contributed by atoms with Gasteiger partial charge in [-0.3, -0.25) is 0 Å². The van der Waals surface area contributed by atoms with Gasteiger partial charge in [0, 0.05) is 10.4 Å². The summed E-state index contributed by atoms with van der Waals surface area (Å²) >= 11 is 1.85. The monoisotopic (exact) mass is 360 g/mol. The summed E-state index contributed by atoms with van der Waals surface area (Å²) in [6.07, 6.45) is 2.52. The highest BCUT2D eigenvalue weighted by molar-refractivity contribution is 7.14. The number of aryl methyl sites for hydroxylation is 1. The van der Waals surface area contributed by atoms with Gasteiger partial charge in [-0.25, -0.2) is 0 Å². The molecule has 0 nitrogen and oxygen atoms in total. The summed E-state index contributed by atoms with van der Waals surface area (Å²) in [5.41, 5.74) is 8.93. The zero-order valence-corrected chi connectivity index (χ0v) is 17.3. The molecular formula is C25H28S. The highest BCUT2D eigenvalue weighted by atomic mass is 32.1. The van der Waals surface area contributed by atoms with Crippen LogP contribution in [0.2, 0.25) is 0 Å². The molecule has 0 aliphatic heterocycles. The lowest BCUT2D eigenvalue weighted by molar-refractivity contribution is 0.332. The summed E-state index contributed by atoms with van der Waals surface area (Å²) in [6, 6.07) is 18.4. The number of benzene rings is 2. The van der Waals surface area contributed by atoms with Crippen molar-refractivity contribution in [1.29, 1.82) is 0 Å². The second kappa shape index (κ2) is 6.09. The summed E-state index contributed by atoms with van der Waals surface area (Å²) in [5, 5.41) is 2.22. The van der Waals surface area contributed by atoms with Crippen LogP contribution in [-0.4, -0.2) is 0 Å². The molecule has 0 fully saturated rings. The first-order valence-electron chi connectivity index (χ1n) is 9.58. The molecule has 2 aromatic carbocycles. The minimum absolute atomic E-state index is 0.252. The summed E-state index contributed by atoms with van der Waals surface area (Å²) < 4.78 is 0. The van der Waals surface area contributed by atoms with Gasteiger partial charge in [-0.2, -0.15) is 0 Å². The van der Waals surface area contributed by atoms with Gasteiger partial charge in [0.2, 0.25) is 0 Å². The Morgan fingerprint density at radius 2 is 1.35 bits per heavy atom. The largest absolute Gasteiger partial charge is 0.143 e. The van der Waals surface area contributed by atoms with Crippen molar-refractivity contribution < 1.29 is 0 Å². The molecule has 4 rings (SSSR count). The van der Waals surface area contributed by atoms with Crippen molar-refractivity contribution in [2.24, 2.45) is 0 Å². The molecule has 134 valence electrons. The van der Waals surface area contributed by atoms with Crippen molar-refractivity contribution in [3.05, 3.63) is 70.6 Å². The fraction of sp³-hybridized carbons (Fsp3) is 0.360. The van der Waals surface area contributed by atoms with Crippen molar-refractivity contribution >= 4 is 11.3 Å². The van der Waals surface area contributed by atoms with E-state index < -0.39 is 0 Å². The Labute approximate surface area is 161 Å². The van der Waals surface area contributed by atoms with Crippen LogP contribution in [0, 0.1) is 6.92 Å². The molecule has 0 unspecified atom stereocenters. The van der Waals surface area contributed by atoms with Crippen molar-refractivity contribution in [3.63, 3.8) is 0 Å². The van der Waals surface area contributed by atoms with Gasteiger partial charge in [0.1, 0.15) is 0 Å². The number of rotatable bonds is 2. The van der Waals surface area contributed by atoms with Crippen LogP contribution in [0.4, 0.5) is 0 Å². The first kappa shape index (κ1) is 17.5. The molecule has 0 saturated carbocycles.